The number of nitrogens with two attached hydrogens (primary N) is 1. The number of halogens is 3. The number of imidazole rings is 1. The molecule has 164 valence electrons. The monoisotopic (exact) mass is 446 g/mol. The summed E-state index contributed by atoms with van der Waals surface area (Å²) in [4.78, 5) is 20.4. The molecule has 2 aromatic heterocycles. The first-order valence-corrected chi connectivity index (χ1v) is 10.5. The van der Waals surface area contributed by atoms with E-state index in [1.54, 1.807) is 6.92 Å². The van der Waals surface area contributed by atoms with Crippen molar-refractivity contribution in [2.75, 3.05) is 7.05 Å². The van der Waals surface area contributed by atoms with Crippen LogP contribution in [-0.2, 0) is 27.5 Å². The van der Waals surface area contributed by atoms with Gasteiger partial charge in [-0.15, -0.1) is 0 Å². The lowest BCUT2D eigenvalue weighted by molar-refractivity contribution is -0.141. The molecule has 13 heteroatoms. The topological polar surface area (TPSA) is 123 Å². The van der Waals surface area contributed by atoms with Crippen molar-refractivity contribution < 1.29 is 26.4 Å². The average molecular weight is 446 g/mol. The van der Waals surface area contributed by atoms with Crippen LogP contribution in [-0.4, -0.2) is 46.8 Å². The summed E-state index contributed by atoms with van der Waals surface area (Å²) >= 11 is 0. The second-order valence-electron chi connectivity index (χ2n) is 6.92. The first kappa shape index (κ1) is 22.0. The van der Waals surface area contributed by atoms with Gasteiger partial charge in [-0.05, 0) is 32.4 Å². The number of alkyl halides is 3. The highest BCUT2D eigenvalue weighted by Crippen LogP contribution is 2.31. The number of rotatable bonds is 6. The first-order valence-electron chi connectivity index (χ1n) is 9.04. The quantitative estimate of drug-likeness (QED) is 0.693. The molecule has 3 heterocycles. The zero-order valence-electron chi connectivity index (χ0n) is 16.4. The Morgan fingerprint density at radius 2 is 2.10 bits per heavy atom. The Balaban J connectivity index is 1.93. The Hall–Kier alpha value is -2.67. The van der Waals surface area contributed by atoms with Gasteiger partial charge in [0.15, 0.2) is 0 Å². The van der Waals surface area contributed by atoms with Crippen LogP contribution in [0.4, 0.5) is 13.2 Å². The predicted octanol–water partition coefficient (Wildman–Crippen LogP) is 1.48. The maximum atomic E-state index is 13.0. The van der Waals surface area contributed by atoms with Crippen LogP contribution < -0.4 is 10.5 Å². The summed E-state index contributed by atoms with van der Waals surface area (Å²) in [6.45, 7) is 3.51. The van der Waals surface area contributed by atoms with Crippen LogP contribution in [0.1, 0.15) is 37.8 Å². The van der Waals surface area contributed by atoms with Crippen molar-refractivity contribution in [3.8, 4) is 0 Å². The molecule has 0 bridgehead atoms. The number of fused-ring (bicyclic) bond motifs is 1. The molecule has 0 radical (unpaired) electrons. The van der Waals surface area contributed by atoms with Gasteiger partial charge >= 0.3 is 6.18 Å². The number of likely N-dealkylation sites (N-methyl/N-ethyl adjacent to an activating group) is 1. The molecule has 9 nitrogen and oxygen atoms in total. The van der Waals surface area contributed by atoms with E-state index in [0.717, 1.165) is 12.3 Å². The molecule has 30 heavy (non-hydrogen) atoms. The third kappa shape index (κ3) is 3.86. The molecular formula is C17H21F3N6O3S. The molecule has 0 saturated heterocycles. The van der Waals surface area contributed by atoms with Crippen molar-refractivity contribution in [2.45, 2.75) is 45.1 Å². The molecule has 0 fully saturated rings. The van der Waals surface area contributed by atoms with Gasteiger partial charge in [-0.3, -0.25) is 4.79 Å². The lowest BCUT2D eigenvalue weighted by Crippen LogP contribution is -2.42. The van der Waals surface area contributed by atoms with E-state index in [1.165, 1.54) is 29.5 Å². The molecular weight excluding hydrogens is 425 g/mol. The van der Waals surface area contributed by atoms with Crippen molar-refractivity contribution in [3.63, 3.8) is 0 Å². The fourth-order valence-electron chi connectivity index (χ4n) is 3.49. The van der Waals surface area contributed by atoms with Gasteiger partial charge in [0, 0.05) is 13.6 Å². The van der Waals surface area contributed by atoms with E-state index in [9.17, 15) is 26.4 Å². The van der Waals surface area contributed by atoms with E-state index in [-0.39, 0.29) is 34.9 Å². The Morgan fingerprint density at radius 1 is 1.43 bits per heavy atom. The fourth-order valence-corrected chi connectivity index (χ4v) is 5.00. The SMILES string of the molecule is CCn1c([C@@H](C)NS(=O)(=O)C2=CCC(C(N)=O)N2C)nc2cnc(C(F)(F)F)cc21. The predicted molar refractivity (Wildman–Crippen MR) is 102 cm³/mol. The number of hydrogen-bond donors (Lipinski definition) is 2. The van der Waals surface area contributed by atoms with Crippen molar-refractivity contribution in [2.24, 2.45) is 5.73 Å². The molecule has 0 saturated carbocycles. The number of amides is 1. The highest BCUT2D eigenvalue weighted by molar-refractivity contribution is 7.93. The van der Waals surface area contributed by atoms with Crippen LogP contribution in [0.25, 0.3) is 11.0 Å². The normalized spacial score (nSPS) is 18.7. The molecule has 2 aromatic rings. The molecule has 3 rings (SSSR count). The van der Waals surface area contributed by atoms with E-state index >= 15 is 0 Å². The van der Waals surface area contributed by atoms with Crippen LogP contribution in [0, 0.1) is 0 Å². The number of pyridine rings is 1. The Bertz CT molecular complexity index is 1130. The van der Waals surface area contributed by atoms with E-state index in [1.807, 2.05) is 0 Å². The van der Waals surface area contributed by atoms with Crippen LogP contribution in [0.3, 0.4) is 0 Å². The van der Waals surface area contributed by atoms with Gasteiger partial charge in [-0.1, -0.05) is 0 Å². The number of sulfonamides is 1. The molecule has 0 aromatic carbocycles. The molecule has 1 aliphatic rings. The number of hydrogen-bond acceptors (Lipinski definition) is 6. The molecule has 1 amide bonds. The smallest absolute Gasteiger partial charge is 0.368 e. The van der Waals surface area contributed by atoms with Crippen LogP contribution in [0.5, 0.6) is 0 Å². The number of aromatic nitrogens is 3. The third-order valence-electron chi connectivity index (χ3n) is 4.92. The standard InChI is InChI=1S/C17H21F3N6O3S/c1-4-26-12-7-13(17(18,19)20)22-8-10(12)23-16(26)9(2)24-30(28,29)14-6-5-11(15(21)27)25(14)3/h6-9,11,24H,4-5H2,1-3H3,(H2,21,27)/t9-,11?/m1/s1. The van der Waals surface area contributed by atoms with Gasteiger partial charge in [-0.2, -0.15) is 17.9 Å². The minimum atomic E-state index is -4.61. The summed E-state index contributed by atoms with van der Waals surface area (Å²) < 4.78 is 68.6. The average Bonchev–Trinajstić information content (AvgIpc) is 3.20. The number of nitrogens with one attached hydrogen (secondary N) is 1. The van der Waals surface area contributed by atoms with E-state index in [4.69, 9.17) is 5.73 Å². The van der Waals surface area contributed by atoms with Gasteiger partial charge in [0.2, 0.25) is 5.91 Å². The summed E-state index contributed by atoms with van der Waals surface area (Å²) in [7, 11) is -2.59. The number of nitrogens with zero attached hydrogens (tertiary/aromatic N) is 4. The zero-order valence-corrected chi connectivity index (χ0v) is 17.3. The molecule has 1 unspecified atom stereocenters. The number of aryl methyl sites for hydroxylation is 1. The lowest BCUT2D eigenvalue weighted by atomic mass is 10.2. The maximum Gasteiger partial charge on any atom is 0.433 e. The lowest BCUT2D eigenvalue weighted by Gasteiger charge is -2.24. The minimum Gasteiger partial charge on any atom is -0.368 e. The number of carbonyl (C=O) groups is 1. The second kappa shape index (κ2) is 7.54. The van der Waals surface area contributed by atoms with Gasteiger partial charge in [0.1, 0.15) is 28.1 Å². The molecule has 0 aliphatic carbocycles. The summed E-state index contributed by atoms with van der Waals surface area (Å²) in [5.74, 6) is -0.405. The van der Waals surface area contributed by atoms with Gasteiger partial charge < -0.3 is 15.2 Å². The maximum absolute atomic E-state index is 13.0. The van der Waals surface area contributed by atoms with Crippen LogP contribution >= 0.6 is 0 Å². The summed E-state index contributed by atoms with van der Waals surface area (Å²) in [5.41, 5.74) is 4.65. The van der Waals surface area contributed by atoms with Crippen molar-refractivity contribution >= 4 is 27.0 Å². The second-order valence-corrected chi connectivity index (χ2v) is 8.58. The summed E-state index contributed by atoms with van der Waals surface area (Å²) in [6, 6.07) is -0.737. The molecule has 2 atom stereocenters. The molecule has 0 spiro atoms. The van der Waals surface area contributed by atoms with Crippen LogP contribution in [0.2, 0.25) is 0 Å². The number of carbonyl (C=O) groups excluding carboxylic acids is 1. The fraction of sp³-hybridized carbons (Fsp3) is 0.471. The summed E-state index contributed by atoms with van der Waals surface area (Å²) in [6.07, 6.45) is -2.04. The van der Waals surface area contributed by atoms with Gasteiger partial charge in [0.25, 0.3) is 10.0 Å². The third-order valence-corrected chi connectivity index (χ3v) is 6.59. The Labute approximate surface area is 170 Å². The largest absolute Gasteiger partial charge is 0.433 e. The zero-order chi connectivity index (χ0) is 22.4. The van der Waals surface area contributed by atoms with Gasteiger partial charge in [0.05, 0.1) is 17.8 Å². The van der Waals surface area contributed by atoms with E-state index < -0.39 is 39.9 Å². The molecule has 3 N–H and O–H groups in total. The first-order chi connectivity index (χ1) is 13.9. The molecule has 1 aliphatic heterocycles. The Morgan fingerprint density at radius 3 is 2.63 bits per heavy atom. The van der Waals surface area contributed by atoms with Crippen molar-refractivity contribution in [3.05, 3.63) is 34.9 Å². The summed E-state index contributed by atoms with van der Waals surface area (Å²) in [5, 5.41) is -0.0988. The van der Waals surface area contributed by atoms with Crippen molar-refractivity contribution in [1.82, 2.24) is 24.2 Å². The van der Waals surface area contributed by atoms with Gasteiger partial charge in [-0.25, -0.2) is 18.4 Å². The van der Waals surface area contributed by atoms with E-state index in [0.29, 0.717) is 0 Å². The van der Waals surface area contributed by atoms with E-state index in [2.05, 4.69) is 14.7 Å². The Kier molecular flexibility index (Phi) is 5.54. The minimum absolute atomic E-state index is 0.0988. The highest BCUT2D eigenvalue weighted by atomic mass is 32.2. The highest BCUT2D eigenvalue weighted by Gasteiger charge is 2.36. The number of primary amides is 1. The van der Waals surface area contributed by atoms with Crippen molar-refractivity contribution in [1.29, 1.82) is 0 Å². The van der Waals surface area contributed by atoms with Crippen LogP contribution in [0.15, 0.2) is 23.4 Å².